The average Bonchev–Trinajstić information content (AvgIpc) is 2.49. The van der Waals surface area contributed by atoms with Crippen LogP contribution in [0.15, 0.2) is 23.1 Å². The van der Waals surface area contributed by atoms with Gasteiger partial charge in [-0.1, -0.05) is 13.0 Å². The average molecular weight is 345 g/mol. The van der Waals surface area contributed by atoms with Crippen LogP contribution < -0.4 is 5.73 Å². The van der Waals surface area contributed by atoms with Crippen molar-refractivity contribution in [3.05, 3.63) is 29.3 Å². The molecule has 1 fully saturated rings. The van der Waals surface area contributed by atoms with Crippen LogP contribution in [0.25, 0.3) is 0 Å². The minimum Gasteiger partial charge on any atom is -0.327 e. The van der Waals surface area contributed by atoms with Gasteiger partial charge in [0.25, 0.3) is 0 Å². The van der Waals surface area contributed by atoms with Gasteiger partial charge >= 0.3 is 0 Å². The molecule has 0 aromatic heterocycles. The van der Waals surface area contributed by atoms with Crippen molar-refractivity contribution < 1.29 is 8.42 Å². The maximum Gasteiger partial charge on any atom is 0.243 e. The summed E-state index contributed by atoms with van der Waals surface area (Å²) in [6, 6.07) is 5.78. The highest BCUT2D eigenvalue weighted by molar-refractivity contribution is 7.89. The Morgan fingerprint density at radius 3 is 2.55 bits per heavy atom. The molecule has 4 nitrogen and oxygen atoms in total. The SMILES string of the molecule is CC1CN(S(=O)(=O)c2ccc3c(c2)CCCC3)CCC1N.Cl. The van der Waals surface area contributed by atoms with Crippen molar-refractivity contribution in [1.29, 1.82) is 0 Å². The molecule has 124 valence electrons. The molecule has 22 heavy (non-hydrogen) atoms. The summed E-state index contributed by atoms with van der Waals surface area (Å²) in [5, 5.41) is 0. The molecule has 0 radical (unpaired) electrons. The van der Waals surface area contributed by atoms with Crippen molar-refractivity contribution in [3.63, 3.8) is 0 Å². The standard InChI is InChI=1S/C16H24N2O2S.ClH/c1-12-11-18(9-8-16(12)17)21(19,20)15-7-6-13-4-2-3-5-14(13)10-15;/h6-7,10,12,16H,2-5,8-9,11,17H2,1H3;1H. The molecule has 1 heterocycles. The topological polar surface area (TPSA) is 63.4 Å². The van der Waals surface area contributed by atoms with Crippen LogP contribution in [-0.4, -0.2) is 31.9 Å². The summed E-state index contributed by atoms with van der Waals surface area (Å²) in [4.78, 5) is 0.450. The first-order valence-electron chi connectivity index (χ1n) is 7.86. The quantitative estimate of drug-likeness (QED) is 0.895. The number of hydrogen-bond acceptors (Lipinski definition) is 3. The molecular formula is C16H25ClN2O2S. The molecule has 0 saturated carbocycles. The van der Waals surface area contributed by atoms with Crippen LogP contribution in [-0.2, 0) is 22.9 Å². The fourth-order valence-corrected chi connectivity index (χ4v) is 4.97. The van der Waals surface area contributed by atoms with Crippen molar-refractivity contribution in [2.24, 2.45) is 11.7 Å². The molecule has 3 rings (SSSR count). The van der Waals surface area contributed by atoms with E-state index in [2.05, 4.69) is 0 Å². The van der Waals surface area contributed by atoms with Crippen molar-refractivity contribution in [2.45, 2.75) is 50.0 Å². The molecule has 1 aromatic rings. The first-order chi connectivity index (χ1) is 9.98. The van der Waals surface area contributed by atoms with E-state index in [-0.39, 0.29) is 24.4 Å². The third-order valence-electron chi connectivity index (χ3n) is 4.89. The summed E-state index contributed by atoms with van der Waals surface area (Å²) in [5.41, 5.74) is 8.52. The van der Waals surface area contributed by atoms with Gasteiger partial charge in [0, 0.05) is 19.1 Å². The van der Waals surface area contributed by atoms with Crippen molar-refractivity contribution >= 4 is 22.4 Å². The number of aryl methyl sites for hydroxylation is 2. The zero-order valence-electron chi connectivity index (χ0n) is 13.0. The van der Waals surface area contributed by atoms with Gasteiger partial charge in [-0.2, -0.15) is 4.31 Å². The number of nitrogens with two attached hydrogens (primary N) is 1. The van der Waals surface area contributed by atoms with Gasteiger partial charge in [-0.25, -0.2) is 8.42 Å². The lowest BCUT2D eigenvalue weighted by molar-refractivity contribution is 0.250. The zero-order valence-corrected chi connectivity index (χ0v) is 14.6. The van der Waals surface area contributed by atoms with Crippen LogP contribution in [0.1, 0.15) is 37.3 Å². The predicted octanol–water partition coefficient (Wildman–Crippen LogP) is 2.35. The number of benzene rings is 1. The molecule has 2 unspecified atom stereocenters. The third-order valence-corrected chi connectivity index (χ3v) is 6.75. The third kappa shape index (κ3) is 3.32. The molecular weight excluding hydrogens is 320 g/mol. The first-order valence-corrected chi connectivity index (χ1v) is 9.30. The molecule has 6 heteroatoms. The maximum atomic E-state index is 12.8. The molecule has 0 bridgehead atoms. The number of sulfonamides is 1. The monoisotopic (exact) mass is 344 g/mol. The van der Waals surface area contributed by atoms with E-state index in [1.54, 1.807) is 10.4 Å². The highest BCUT2D eigenvalue weighted by Gasteiger charge is 2.32. The zero-order chi connectivity index (χ0) is 15.0. The van der Waals surface area contributed by atoms with Gasteiger partial charge in [0.2, 0.25) is 10.0 Å². The Morgan fingerprint density at radius 1 is 1.18 bits per heavy atom. The van der Waals surface area contributed by atoms with E-state index in [4.69, 9.17) is 5.73 Å². The normalized spacial score (nSPS) is 26.1. The van der Waals surface area contributed by atoms with E-state index in [9.17, 15) is 8.42 Å². The van der Waals surface area contributed by atoms with Gasteiger partial charge < -0.3 is 5.73 Å². The summed E-state index contributed by atoms with van der Waals surface area (Å²) in [6.07, 6.45) is 5.18. The van der Waals surface area contributed by atoms with Crippen molar-refractivity contribution in [1.82, 2.24) is 4.31 Å². The molecule has 0 amide bonds. The maximum absolute atomic E-state index is 12.8. The molecule has 2 N–H and O–H groups in total. The molecule has 1 saturated heterocycles. The minimum absolute atomic E-state index is 0. The molecule has 1 aliphatic carbocycles. The Bertz CT molecular complexity index is 633. The highest BCUT2D eigenvalue weighted by atomic mass is 35.5. The lowest BCUT2D eigenvalue weighted by Gasteiger charge is -2.34. The van der Waals surface area contributed by atoms with Gasteiger partial charge in [-0.3, -0.25) is 0 Å². The lowest BCUT2D eigenvalue weighted by Crippen LogP contribution is -2.48. The van der Waals surface area contributed by atoms with Crippen LogP contribution in [0.3, 0.4) is 0 Å². The van der Waals surface area contributed by atoms with Gasteiger partial charge in [0.15, 0.2) is 0 Å². The Hall–Kier alpha value is -0.620. The van der Waals surface area contributed by atoms with Crippen molar-refractivity contribution in [2.75, 3.05) is 13.1 Å². The molecule has 2 atom stereocenters. The van der Waals surface area contributed by atoms with Gasteiger partial charge in [0.05, 0.1) is 4.90 Å². The smallest absolute Gasteiger partial charge is 0.243 e. The van der Waals surface area contributed by atoms with E-state index in [1.807, 2.05) is 19.1 Å². The van der Waals surface area contributed by atoms with Gasteiger partial charge in [-0.15, -0.1) is 12.4 Å². The van der Waals surface area contributed by atoms with Crippen LogP contribution in [0.4, 0.5) is 0 Å². The molecule has 0 spiro atoms. The van der Waals surface area contributed by atoms with Crippen LogP contribution >= 0.6 is 12.4 Å². The Balaban J connectivity index is 0.00000176. The first kappa shape index (κ1) is 17.7. The predicted molar refractivity (Wildman–Crippen MR) is 90.8 cm³/mol. The lowest BCUT2D eigenvalue weighted by atomic mass is 9.92. The Kier molecular flexibility index (Phi) is 5.54. The number of halogens is 1. The number of nitrogens with zero attached hydrogens (tertiary/aromatic N) is 1. The molecule has 2 aliphatic rings. The Labute approximate surface area is 139 Å². The van der Waals surface area contributed by atoms with E-state index < -0.39 is 10.0 Å². The van der Waals surface area contributed by atoms with Gasteiger partial charge in [0.1, 0.15) is 0 Å². The second-order valence-corrected chi connectivity index (χ2v) is 8.37. The van der Waals surface area contributed by atoms with Crippen LogP contribution in [0, 0.1) is 5.92 Å². The van der Waals surface area contributed by atoms with Crippen LogP contribution in [0.5, 0.6) is 0 Å². The van der Waals surface area contributed by atoms with E-state index in [1.165, 1.54) is 17.5 Å². The largest absolute Gasteiger partial charge is 0.327 e. The van der Waals surface area contributed by atoms with E-state index in [0.717, 1.165) is 25.7 Å². The molecule has 1 aromatic carbocycles. The highest BCUT2D eigenvalue weighted by Crippen LogP contribution is 2.27. The number of piperidine rings is 1. The number of rotatable bonds is 2. The van der Waals surface area contributed by atoms with Crippen molar-refractivity contribution in [3.8, 4) is 0 Å². The van der Waals surface area contributed by atoms with Crippen LogP contribution in [0.2, 0.25) is 0 Å². The summed E-state index contributed by atoms with van der Waals surface area (Å²) in [7, 11) is -3.37. The summed E-state index contributed by atoms with van der Waals surface area (Å²) < 4.78 is 27.2. The fourth-order valence-electron chi connectivity index (χ4n) is 3.36. The number of fused-ring (bicyclic) bond motifs is 1. The second-order valence-electron chi connectivity index (χ2n) is 6.43. The number of hydrogen-bond donors (Lipinski definition) is 1. The van der Waals surface area contributed by atoms with E-state index in [0.29, 0.717) is 18.0 Å². The summed E-state index contributed by atoms with van der Waals surface area (Å²) in [6.45, 7) is 3.09. The van der Waals surface area contributed by atoms with E-state index >= 15 is 0 Å². The summed E-state index contributed by atoms with van der Waals surface area (Å²) in [5.74, 6) is 0.214. The van der Waals surface area contributed by atoms with Gasteiger partial charge in [-0.05, 0) is 61.3 Å². The second kappa shape index (κ2) is 6.87. The molecule has 1 aliphatic heterocycles. The summed E-state index contributed by atoms with van der Waals surface area (Å²) >= 11 is 0. The minimum atomic E-state index is -3.37. The Morgan fingerprint density at radius 2 is 1.86 bits per heavy atom. The fraction of sp³-hybridized carbons (Fsp3) is 0.625.